The minimum atomic E-state index is -0.577. The fourth-order valence-corrected chi connectivity index (χ4v) is 1.69. The molecule has 2 aromatic carbocycles. The molecule has 0 saturated heterocycles. The number of benzene rings is 2. The monoisotopic (exact) mass is 282 g/mol. The van der Waals surface area contributed by atoms with Crippen molar-refractivity contribution in [3.05, 3.63) is 63.7 Å². The van der Waals surface area contributed by atoms with Gasteiger partial charge in [0.25, 0.3) is 5.69 Å². The van der Waals surface area contributed by atoms with Crippen molar-refractivity contribution in [2.45, 2.75) is 6.92 Å². The molecule has 0 bridgehead atoms. The van der Waals surface area contributed by atoms with E-state index in [0.717, 1.165) is 6.07 Å². The molecule has 6 heteroatoms. The van der Waals surface area contributed by atoms with Crippen LogP contribution in [0.15, 0.2) is 42.5 Å². The Balaban J connectivity index is 2.29. The normalized spacial score (nSPS) is 9.71. The number of nitriles is 1. The second kappa shape index (κ2) is 5.84. The molecule has 21 heavy (non-hydrogen) atoms. The van der Waals surface area contributed by atoms with Gasteiger partial charge in [-0.1, -0.05) is 0 Å². The van der Waals surface area contributed by atoms with Crippen molar-refractivity contribution in [1.29, 1.82) is 5.26 Å². The number of ketones is 1. The van der Waals surface area contributed by atoms with E-state index in [4.69, 9.17) is 10.00 Å². The van der Waals surface area contributed by atoms with Crippen LogP contribution in [-0.2, 0) is 0 Å². The number of non-ortho nitro benzene ring substituents is 1. The average molecular weight is 282 g/mol. The Labute approximate surface area is 120 Å². The van der Waals surface area contributed by atoms with Gasteiger partial charge in [0.05, 0.1) is 4.92 Å². The molecule has 104 valence electrons. The highest BCUT2D eigenvalue weighted by Gasteiger charge is 2.12. The maximum atomic E-state index is 11.2. The number of Topliss-reactive ketones (excluding diaryl/α,β-unsaturated/α-hetero) is 1. The van der Waals surface area contributed by atoms with Crippen LogP contribution in [0.2, 0.25) is 0 Å². The molecule has 0 heterocycles. The fraction of sp³-hybridized carbons (Fsp3) is 0.0667. The summed E-state index contributed by atoms with van der Waals surface area (Å²) in [6.07, 6.45) is 0. The first-order chi connectivity index (χ1) is 10.0. The van der Waals surface area contributed by atoms with Crippen LogP contribution >= 0.6 is 0 Å². The lowest BCUT2D eigenvalue weighted by atomic mass is 10.1. The van der Waals surface area contributed by atoms with Crippen molar-refractivity contribution < 1.29 is 14.5 Å². The van der Waals surface area contributed by atoms with Crippen LogP contribution in [0.25, 0.3) is 0 Å². The number of rotatable bonds is 4. The van der Waals surface area contributed by atoms with Gasteiger partial charge in [-0.2, -0.15) is 5.26 Å². The zero-order valence-corrected chi connectivity index (χ0v) is 11.1. The van der Waals surface area contributed by atoms with Crippen molar-refractivity contribution in [3.8, 4) is 17.6 Å². The van der Waals surface area contributed by atoms with Gasteiger partial charge in [-0.3, -0.25) is 14.9 Å². The minimum Gasteiger partial charge on any atom is -0.456 e. The smallest absolute Gasteiger partial charge is 0.271 e. The second-order valence-electron chi connectivity index (χ2n) is 4.23. The van der Waals surface area contributed by atoms with E-state index in [1.165, 1.54) is 19.1 Å². The number of nitro groups is 1. The first-order valence-corrected chi connectivity index (χ1v) is 5.98. The molecule has 0 N–H and O–H groups in total. The lowest BCUT2D eigenvalue weighted by molar-refractivity contribution is -0.384. The van der Waals surface area contributed by atoms with E-state index in [2.05, 4.69) is 0 Å². The summed E-state index contributed by atoms with van der Waals surface area (Å²) < 4.78 is 5.51. The summed E-state index contributed by atoms with van der Waals surface area (Å²) in [5, 5.41) is 19.7. The van der Waals surface area contributed by atoms with Crippen LogP contribution in [0.4, 0.5) is 5.69 Å². The average Bonchev–Trinajstić information content (AvgIpc) is 2.48. The Morgan fingerprint density at radius 1 is 1.24 bits per heavy atom. The molecule has 0 aliphatic rings. The summed E-state index contributed by atoms with van der Waals surface area (Å²) in [6, 6.07) is 12.0. The zero-order valence-electron chi connectivity index (χ0n) is 11.1. The largest absolute Gasteiger partial charge is 0.456 e. The number of carbonyl (C=O) groups is 1. The highest BCUT2D eigenvalue weighted by Crippen LogP contribution is 2.28. The molecule has 0 aliphatic carbocycles. The van der Waals surface area contributed by atoms with E-state index >= 15 is 0 Å². The molecule has 0 atom stereocenters. The first-order valence-electron chi connectivity index (χ1n) is 5.98. The summed E-state index contributed by atoms with van der Waals surface area (Å²) in [6.45, 7) is 1.46. The van der Waals surface area contributed by atoms with Gasteiger partial charge >= 0.3 is 0 Å². The molecule has 2 aromatic rings. The molecule has 0 amide bonds. The molecule has 2 rings (SSSR count). The molecule has 0 unspecified atom stereocenters. The maximum Gasteiger partial charge on any atom is 0.271 e. The Kier molecular flexibility index (Phi) is 3.95. The molecule has 0 aliphatic heterocycles. The summed E-state index contributed by atoms with van der Waals surface area (Å²) in [5.74, 6) is 0.596. The predicted molar refractivity (Wildman–Crippen MR) is 74.3 cm³/mol. The van der Waals surface area contributed by atoms with E-state index in [-0.39, 0.29) is 22.8 Å². The van der Waals surface area contributed by atoms with Crippen molar-refractivity contribution in [3.63, 3.8) is 0 Å². The van der Waals surface area contributed by atoms with Gasteiger partial charge in [-0.05, 0) is 37.3 Å². The number of nitrogens with zero attached hydrogens (tertiary/aromatic N) is 2. The molecule has 0 spiro atoms. The molecule has 0 saturated carbocycles. The summed E-state index contributed by atoms with van der Waals surface area (Å²) in [4.78, 5) is 21.3. The van der Waals surface area contributed by atoms with E-state index in [1.54, 1.807) is 24.3 Å². The number of nitro benzene ring substituents is 1. The summed E-state index contributed by atoms with van der Waals surface area (Å²) in [7, 11) is 0. The van der Waals surface area contributed by atoms with Gasteiger partial charge in [0.2, 0.25) is 0 Å². The van der Waals surface area contributed by atoms with Crippen LogP contribution in [0, 0.1) is 21.4 Å². The minimum absolute atomic E-state index is 0.0606. The van der Waals surface area contributed by atoms with Gasteiger partial charge in [0, 0.05) is 17.7 Å². The third-order valence-electron chi connectivity index (χ3n) is 2.78. The Morgan fingerprint density at radius 2 is 1.90 bits per heavy atom. The van der Waals surface area contributed by atoms with E-state index in [1.807, 2.05) is 6.07 Å². The van der Waals surface area contributed by atoms with Crippen LogP contribution in [0.3, 0.4) is 0 Å². The van der Waals surface area contributed by atoms with Gasteiger partial charge in [0.1, 0.15) is 23.1 Å². The third-order valence-corrected chi connectivity index (χ3v) is 2.78. The van der Waals surface area contributed by atoms with Gasteiger partial charge in [-0.25, -0.2) is 0 Å². The Bertz CT molecular complexity index is 745. The Hall–Kier alpha value is -3.20. The summed E-state index contributed by atoms with van der Waals surface area (Å²) in [5.41, 5.74) is 0.442. The maximum absolute atomic E-state index is 11.2. The fourth-order valence-electron chi connectivity index (χ4n) is 1.69. The second-order valence-corrected chi connectivity index (χ2v) is 4.23. The van der Waals surface area contributed by atoms with Crippen LogP contribution in [0.1, 0.15) is 22.8 Å². The quantitative estimate of drug-likeness (QED) is 0.486. The standard InChI is InChI=1S/C15H10N2O4/c1-10(18)11-2-5-14(6-3-11)21-15-7-4-13(17(19)20)8-12(15)9-16/h2-8H,1H3. The molecule has 0 radical (unpaired) electrons. The number of hydrogen-bond donors (Lipinski definition) is 0. The first kappa shape index (κ1) is 14.2. The Morgan fingerprint density at radius 3 is 2.43 bits per heavy atom. The predicted octanol–water partition coefficient (Wildman–Crippen LogP) is 3.46. The van der Waals surface area contributed by atoms with Crippen molar-refractivity contribution in [1.82, 2.24) is 0 Å². The molecule has 6 nitrogen and oxygen atoms in total. The SMILES string of the molecule is CC(=O)c1ccc(Oc2ccc([N+](=O)[O-])cc2C#N)cc1. The molecule has 0 aromatic heterocycles. The van der Waals surface area contributed by atoms with E-state index in [0.29, 0.717) is 11.3 Å². The lowest BCUT2D eigenvalue weighted by Gasteiger charge is -2.07. The zero-order chi connectivity index (χ0) is 15.4. The summed E-state index contributed by atoms with van der Waals surface area (Å²) >= 11 is 0. The lowest BCUT2D eigenvalue weighted by Crippen LogP contribution is -1.94. The van der Waals surface area contributed by atoms with Gasteiger partial charge in [-0.15, -0.1) is 0 Å². The number of carbonyl (C=O) groups excluding carboxylic acids is 1. The van der Waals surface area contributed by atoms with Crippen molar-refractivity contribution >= 4 is 11.5 Å². The van der Waals surface area contributed by atoms with Crippen LogP contribution in [-0.4, -0.2) is 10.7 Å². The van der Waals surface area contributed by atoms with Crippen LogP contribution in [0.5, 0.6) is 11.5 Å². The topological polar surface area (TPSA) is 93.2 Å². The molecular formula is C15H10N2O4. The third kappa shape index (κ3) is 3.22. The van der Waals surface area contributed by atoms with E-state index < -0.39 is 4.92 Å². The van der Waals surface area contributed by atoms with Gasteiger partial charge < -0.3 is 4.74 Å². The van der Waals surface area contributed by atoms with Gasteiger partial charge in [0.15, 0.2) is 5.78 Å². The van der Waals surface area contributed by atoms with Crippen molar-refractivity contribution in [2.75, 3.05) is 0 Å². The molecule has 0 fully saturated rings. The molecular weight excluding hydrogens is 272 g/mol. The highest BCUT2D eigenvalue weighted by atomic mass is 16.6. The number of ether oxygens (including phenoxy) is 1. The van der Waals surface area contributed by atoms with E-state index in [9.17, 15) is 14.9 Å². The van der Waals surface area contributed by atoms with Crippen molar-refractivity contribution in [2.24, 2.45) is 0 Å². The highest BCUT2D eigenvalue weighted by molar-refractivity contribution is 5.94. The van der Waals surface area contributed by atoms with Crippen LogP contribution < -0.4 is 4.74 Å². The number of hydrogen-bond acceptors (Lipinski definition) is 5.